The van der Waals surface area contributed by atoms with Crippen molar-refractivity contribution in [1.29, 1.82) is 0 Å². The van der Waals surface area contributed by atoms with Gasteiger partial charge in [0.1, 0.15) is 0 Å². The van der Waals surface area contributed by atoms with E-state index in [1.807, 2.05) is 6.07 Å². The molecule has 26 heavy (non-hydrogen) atoms. The molecule has 2 aromatic rings. The summed E-state index contributed by atoms with van der Waals surface area (Å²) < 4.78 is 22.8. The van der Waals surface area contributed by atoms with Gasteiger partial charge < -0.3 is 19.7 Å². The first-order valence-corrected chi connectivity index (χ1v) is 7.73. The second-order valence-electron chi connectivity index (χ2n) is 5.19. The molecule has 7 heteroatoms. The van der Waals surface area contributed by atoms with Crippen molar-refractivity contribution < 1.29 is 33.7 Å². The smallest absolute Gasteiger partial charge is 0.343 e. The Kier molecular flexibility index (Phi) is 8.63. The fourth-order valence-corrected chi connectivity index (χ4v) is 2.05. The quantitative estimate of drug-likeness (QED) is 0.781. The maximum Gasteiger partial charge on any atom is 0.343 e. The number of benzene rings is 2. The highest BCUT2D eigenvalue weighted by atomic mass is 19.1. The monoisotopic (exact) mass is 364 g/mol. The Morgan fingerprint density at radius 1 is 1.00 bits per heavy atom. The third-order valence-electron chi connectivity index (χ3n) is 3.38. The Morgan fingerprint density at radius 3 is 2.12 bits per heavy atom. The summed E-state index contributed by atoms with van der Waals surface area (Å²) in [6.45, 7) is 0. The van der Waals surface area contributed by atoms with Crippen LogP contribution < -0.4 is 9.47 Å². The molecule has 2 aromatic carbocycles. The van der Waals surface area contributed by atoms with Crippen molar-refractivity contribution in [2.75, 3.05) is 14.2 Å². The Morgan fingerprint density at radius 2 is 1.62 bits per heavy atom. The average Bonchev–Trinajstić information content (AvgIpc) is 2.66. The third-order valence-corrected chi connectivity index (χ3v) is 3.38. The second kappa shape index (κ2) is 10.7. The van der Waals surface area contributed by atoms with Gasteiger partial charge in [-0.1, -0.05) is 36.4 Å². The van der Waals surface area contributed by atoms with Gasteiger partial charge in [-0.15, -0.1) is 0 Å². The van der Waals surface area contributed by atoms with E-state index in [0.717, 1.165) is 5.56 Å². The Labute approximate surface area is 150 Å². The third kappa shape index (κ3) is 6.80. The number of carboxylic acids is 2. The van der Waals surface area contributed by atoms with Crippen LogP contribution in [0.2, 0.25) is 0 Å². The number of halogens is 1. The summed E-state index contributed by atoms with van der Waals surface area (Å²) in [6.07, 6.45) is -1.29. The van der Waals surface area contributed by atoms with Crippen molar-refractivity contribution in [3.8, 4) is 11.5 Å². The molecule has 0 heterocycles. The van der Waals surface area contributed by atoms with E-state index in [4.69, 9.17) is 19.7 Å². The summed E-state index contributed by atoms with van der Waals surface area (Å²) in [5.41, 5.74) is 1.11. The fourth-order valence-electron chi connectivity index (χ4n) is 2.05. The lowest BCUT2D eigenvalue weighted by Crippen LogP contribution is -2.05. The summed E-state index contributed by atoms with van der Waals surface area (Å²) in [5.74, 6) is -0.974. The maximum atomic E-state index is 12.7. The zero-order valence-electron chi connectivity index (χ0n) is 14.5. The number of aryl methyl sites for hydroxylation is 1. The highest BCUT2D eigenvalue weighted by Crippen LogP contribution is 2.27. The van der Waals surface area contributed by atoms with Gasteiger partial charge in [0.2, 0.25) is 6.17 Å². The number of aliphatic carboxylic acids is 2. The van der Waals surface area contributed by atoms with Gasteiger partial charge in [0.15, 0.2) is 11.5 Å². The standard InChI is InChI=1S/C11H14O4.C8H7FO2/c1-14-9-5-3-8(4-6-11(12)13)7-10(9)15-2;9-7(8(10)11)6-4-2-1-3-5-6/h3,5,7H,4,6H2,1-2H3,(H,12,13);1-5,7H,(H,10,11). The lowest BCUT2D eigenvalue weighted by Gasteiger charge is -2.08. The number of hydrogen-bond donors (Lipinski definition) is 2. The number of hydrogen-bond acceptors (Lipinski definition) is 4. The molecular formula is C19H21FO6. The van der Waals surface area contributed by atoms with E-state index in [-0.39, 0.29) is 12.0 Å². The summed E-state index contributed by atoms with van der Waals surface area (Å²) in [6, 6.07) is 13.2. The number of rotatable bonds is 7. The molecule has 0 aliphatic carbocycles. The summed E-state index contributed by atoms with van der Waals surface area (Å²) in [4.78, 5) is 20.5. The van der Waals surface area contributed by atoms with Crippen molar-refractivity contribution >= 4 is 11.9 Å². The maximum absolute atomic E-state index is 12.7. The van der Waals surface area contributed by atoms with Gasteiger partial charge in [-0.25, -0.2) is 9.18 Å². The van der Waals surface area contributed by atoms with Gasteiger partial charge in [-0.2, -0.15) is 0 Å². The topological polar surface area (TPSA) is 93.1 Å². The van der Waals surface area contributed by atoms with E-state index in [1.165, 1.54) is 12.1 Å². The van der Waals surface area contributed by atoms with Crippen LogP contribution in [0.25, 0.3) is 0 Å². The predicted octanol–water partition coefficient (Wildman–Crippen LogP) is 3.50. The van der Waals surface area contributed by atoms with E-state index < -0.39 is 18.1 Å². The molecule has 6 nitrogen and oxygen atoms in total. The van der Waals surface area contributed by atoms with Crippen molar-refractivity contribution in [1.82, 2.24) is 0 Å². The summed E-state index contributed by atoms with van der Waals surface area (Å²) >= 11 is 0. The fraction of sp³-hybridized carbons (Fsp3) is 0.263. The molecule has 1 unspecified atom stereocenters. The van der Waals surface area contributed by atoms with Crippen LogP contribution in [-0.4, -0.2) is 36.4 Å². The first-order valence-electron chi connectivity index (χ1n) is 7.73. The van der Waals surface area contributed by atoms with E-state index >= 15 is 0 Å². The first-order chi connectivity index (χ1) is 12.4. The van der Waals surface area contributed by atoms with Crippen molar-refractivity contribution in [3.05, 3.63) is 59.7 Å². The van der Waals surface area contributed by atoms with Crippen molar-refractivity contribution in [2.45, 2.75) is 19.0 Å². The predicted molar refractivity (Wildman–Crippen MR) is 93.4 cm³/mol. The number of ether oxygens (including phenoxy) is 2. The minimum absolute atomic E-state index is 0.121. The summed E-state index contributed by atoms with van der Waals surface area (Å²) in [7, 11) is 3.12. The van der Waals surface area contributed by atoms with Crippen LogP contribution in [0, 0.1) is 0 Å². The molecule has 0 saturated heterocycles. The molecule has 0 aromatic heterocycles. The van der Waals surface area contributed by atoms with E-state index in [2.05, 4.69) is 0 Å². The van der Waals surface area contributed by atoms with Crippen LogP contribution in [0.4, 0.5) is 4.39 Å². The van der Waals surface area contributed by atoms with Gasteiger partial charge >= 0.3 is 11.9 Å². The van der Waals surface area contributed by atoms with Crippen LogP contribution >= 0.6 is 0 Å². The molecule has 0 aliphatic heterocycles. The molecule has 0 saturated carbocycles. The van der Waals surface area contributed by atoms with Crippen LogP contribution in [0.5, 0.6) is 11.5 Å². The molecule has 2 rings (SSSR count). The molecular weight excluding hydrogens is 343 g/mol. The molecule has 2 N–H and O–H groups in total. The molecule has 0 radical (unpaired) electrons. The first kappa shape index (κ1) is 21.0. The van der Waals surface area contributed by atoms with E-state index in [1.54, 1.807) is 44.6 Å². The van der Waals surface area contributed by atoms with E-state index in [0.29, 0.717) is 17.9 Å². The highest BCUT2D eigenvalue weighted by molar-refractivity contribution is 5.74. The normalized spacial score (nSPS) is 10.9. The van der Waals surface area contributed by atoms with Crippen molar-refractivity contribution in [2.24, 2.45) is 0 Å². The Hall–Kier alpha value is -3.09. The minimum Gasteiger partial charge on any atom is -0.493 e. The lowest BCUT2D eigenvalue weighted by molar-refractivity contribution is -0.143. The van der Waals surface area contributed by atoms with Crippen LogP contribution in [0.3, 0.4) is 0 Å². The SMILES string of the molecule is COc1ccc(CCC(=O)O)cc1OC.O=C(O)C(F)c1ccccc1. The van der Waals surface area contributed by atoms with Gasteiger partial charge in [0.05, 0.1) is 14.2 Å². The molecule has 0 bridgehead atoms. The van der Waals surface area contributed by atoms with Crippen molar-refractivity contribution in [3.63, 3.8) is 0 Å². The zero-order chi connectivity index (χ0) is 19.5. The van der Waals surface area contributed by atoms with Crippen LogP contribution in [-0.2, 0) is 16.0 Å². The molecule has 0 aliphatic rings. The zero-order valence-corrected chi connectivity index (χ0v) is 14.5. The molecule has 1 atom stereocenters. The average molecular weight is 364 g/mol. The van der Waals surface area contributed by atoms with Gasteiger partial charge in [0.25, 0.3) is 0 Å². The number of carboxylic acid groups (broad SMARTS) is 2. The Balaban J connectivity index is 0.000000273. The van der Waals surface area contributed by atoms with E-state index in [9.17, 15) is 14.0 Å². The largest absolute Gasteiger partial charge is 0.493 e. The molecule has 0 amide bonds. The summed E-state index contributed by atoms with van der Waals surface area (Å²) in [5, 5.41) is 16.8. The highest BCUT2D eigenvalue weighted by Gasteiger charge is 2.16. The molecule has 140 valence electrons. The number of methoxy groups -OCH3 is 2. The number of alkyl halides is 1. The lowest BCUT2D eigenvalue weighted by atomic mass is 10.1. The minimum atomic E-state index is -1.91. The Bertz CT molecular complexity index is 717. The number of carbonyl (C=O) groups is 2. The van der Waals surface area contributed by atoms with Gasteiger partial charge in [-0.3, -0.25) is 4.79 Å². The van der Waals surface area contributed by atoms with Crippen LogP contribution in [0.15, 0.2) is 48.5 Å². The van der Waals surface area contributed by atoms with Gasteiger partial charge in [-0.05, 0) is 29.7 Å². The second-order valence-corrected chi connectivity index (χ2v) is 5.19. The molecule has 0 spiro atoms. The van der Waals surface area contributed by atoms with Crippen LogP contribution in [0.1, 0.15) is 23.7 Å². The molecule has 0 fully saturated rings. The van der Waals surface area contributed by atoms with Gasteiger partial charge in [0, 0.05) is 6.42 Å².